The summed E-state index contributed by atoms with van der Waals surface area (Å²) >= 11 is 13.4. The molecule has 1 atom stereocenters. The van der Waals surface area contributed by atoms with E-state index in [9.17, 15) is 0 Å². The van der Waals surface area contributed by atoms with Gasteiger partial charge in [-0.15, -0.1) is 11.3 Å². The van der Waals surface area contributed by atoms with Gasteiger partial charge in [0.2, 0.25) is 0 Å². The van der Waals surface area contributed by atoms with Gasteiger partial charge in [-0.25, -0.2) is 5.43 Å². The molecule has 0 aliphatic heterocycles. The van der Waals surface area contributed by atoms with Crippen molar-refractivity contribution in [3.8, 4) is 0 Å². The van der Waals surface area contributed by atoms with Gasteiger partial charge in [0.15, 0.2) is 0 Å². The molecule has 0 aromatic carbocycles. The van der Waals surface area contributed by atoms with Crippen LogP contribution in [0.4, 0.5) is 0 Å². The van der Waals surface area contributed by atoms with Crippen molar-refractivity contribution in [3.63, 3.8) is 0 Å². The van der Waals surface area contributed by atoms with E-state index in [1.165, 1.54) is 11.3 Å². The number of halogens is 2. The summed E-state index contributed by atoms with van der Waals surface area (Å²) < 4.78 is 3.12. The van der Waals surface area contributed by atoms with Gasteiger partial charge in [-0.1, -0.05) is 23.2 Å². The lowest BCUT2D eigenvalue weighted by atomic mass is 10.1. The van der Waals surface area contributed by atoms with Gasteiger partial charge in [-0.3, -0.25) is 10.5 Å². The fourth-order valence-electron chi connectivity index (χ4n) is 1.62. The molecule has 2 aromatic rings. The number of rotatable bonds is 4. The smallest absolute Gasteiger partial charge is 0.0995 e. The maximum atomic E-state index is 6.12. The van der Waals surface area contributed by atoms with Gasteiger partial charge in [0.25, 0.3) is 0 Å². The fraction of sp³-hybridized carbons (Fsp3) is 0.300. The zero-order valence-electron chi connectivity index (χ0n) is 9.15. The number of nitrogens with zero attached hydrogens (tertiary/aromatic N) is 2. The summed E-state index contributed by atoms with van der Waals surface area (Å²) in [6.45, 7) is 2.84. The van der Waals surface area contributed by atoms with Crippen LogP contribution in [-0.2, 0) is 6.54 Å². The molecule has 0 saturated heterocycles. The van der Waals surface area contributed by atoms with E-state index in [-0.39, 0.29) is 6.04 Å². The number of hydrazine groups is 1. The highest BCUT2D eigenvalue weighted by molar-refractivity contribution is 7.20. The Morgan fingerprint density at radius 3 is 2.82 bits per heavy atom. The minimum absolute atomic E-state index is 0.188. The molecule has 0 aliphatic carbocycles. The molecular formula is C10H12Cl2N4S. The molecule has 0 spiro atoms. The third-order valence-corrected chi connectivity index (χ3v) is 3.99. The molecule has 92 valence electrons. The van der Waals surface area contributed by atoms with Crippen molar-refractivity contribution in [3.05, 3.63) is 38.3 Å². The Hall–Kier alpha value is -0.590. The number of hydrogen-bond acceptors (Lipinski definition) is 4. The lowest BCUT2D eigenvalue weighted by Crippen LogP contribution is -2.28. The Morgan fingerprint density at radius 2 is 2.35 bits per heavy atom. The molecular weight excluding hydrogens is 279 g/mol. The van der Waals surface area contributed by atoms with Crippen molar-refractivity contribution in [2.24, 2.45) is 5.84 Å². The van der Waals surface area contributed by atoms with Gasteiger partial charge >= 0.3 is 0 Å². The largest absolute Gasteiger partial charge is 0.273 e. The Morgan fingerprint density at radius 1 is 1.59 bits per heavy atom. The van der Waals surface area contributed by atoms with Crippen LogP contribution in [0, 0.1) is 0 Å². The second kappa shape index (κ2) is 5.37. The Labute approximate surface area is 113 Å². The van der Waals surface area contributed by atoms with Crippen LogP contribution in [-0.4, -0.2) is 9.78 Å². The van der Waals surface area contributed by atoms with Gasteiger partial charge in [-0.05, 0) is 13.0 Å². The summed E-state index contributed by atoms with van der Waals surface area (Å²) in [7, 11) is 0. The van der Waals surface area contributed by atoms with Crippen molar-refractivity contribution >= 4 is 34.5 Å². The molecule has 0 amide bonds. The number of thiophene rings is 1. The van der Waals surface area contributed by atoms with Crippen molar-refractivity contribution in [2.45, 2.75) is 19.5 Å². The van der Waals surface area contributed by atoms with Crippen molar-refractivity contribution < 1.29 is 0 Å². The van der Waals surface area contributed by atoms with Crippen molar-refractivity contribution in [2.75, 3.05) is 0 Å². The maximum Gasteiger partial charge on any atom is 0.0995 e. The molecule has 0 bridgehead atoms. The Bertz CT molecular complexity index is 508. The molecule has 2 heterocycles. The predicted molar refractivity (Wildman–Crippen MR) is 71.4 cm³/mol. The number of nitrogens with two attached hydrogens (primary N) is 1. The highest BCUT2D eigenvalue weighted by atomic mass is 35.5. The maximum absolute atomic E-state index is 6.12. The van der Waals surface area contributed by atoms with Gasteiger partial charge in [0, 0.05) is 23.9 Å². The SMILES string of the molecule is CCn1cc(C(NN)c2cc(Cl)sc2Cl)cn1. The molecule has 3 N–H and O–H groups in total. The Kier molecular flexibility index (Phi) is 4.06. The van der Waals surface area contributed by atoms with E-state index in [1.807, 2.05) is 23.9 Å². The summed E-state index contributed by atoms with van der Waals surface area (Å²) in [6.07, 6.45) is 3.71. The standard InChI is InChI=1S/C10H12Cl2N4S/c1-2-16-5-6(4-14-16)9(15-13)7-3-8(11)17-10(7)12/h3-5,9,15H,2,13H2,1H3. The van der Waals surface area contributed by atoms with Gasteiger partial charge in [-0.2, -0.15) is 5.10 Å². The van der Waals surface area contributed by atoms with Crippen LogP contribution in [0.3, 0.4) is 0 Å². The molecule has 4 nitrogen and oxygen atoms in total. The van der Waals surface area contributed by atoms with Crippen LogP contribution in [0.1, 0.15) is 24.1 Å². The summed E-state index contributed by atoms with van der Waals surface area (Å²) in [5, 5.41) is 4.21. The molecule has 17 heavy (non-hydrogen) atoms. The minimum atomic E-state index is -0.188. The van der Waals surface area contributed by atoms with E-state index >= 15 is 0 Å². The number of nitrogens with one attached hydrogen (secondary N) is 1. The first-order valence-electron chi connectivity index (χ1n) is 5.09. The van der Waals surface area contributed by atoms with Crippen LogP contribution >= 0.6 is 34.5 Å². The predicted octanol–water partition coefficient (Wildman–Crippen LogP) is 2.82. The monoisotopic (exact) mass is 290 g/mol. The van der Waals surface area contributed by atoms with Crippen LogP contribution in [0.25, 0.3) is 0 Å². The minimum Gasteiger partial charge on any atom is -0.273 e. The first-order valence-corrected chi connectivity index (χ1v) is 6.66. The number of aryl methyl sites for hydroxylation is 1. The zero-order chi connectivity index (χ0) is 12.4. The topological polar surface area (TPSA) is 55.9 Å². The molecule has 0 radical (unpaired) electrons. The summed E-state index contributed by atoms with van der Waals surface area (Å²) in [5.74, 6) is 5.58. The Balaban J connectivity index is 2.36. The fourth-order valence-corrected chi connectivity index (χ4v) is 3.15. The third-order valence-electron chi connectivity index (χ3n) is 2.47. The van der Waals surface area contributed by atoms with Crippen LogP contribution in [0.15, 0.2) is 18.5 Å². The molecule has 0 fully saturated rings. The van der Waals surface area contributed by atoms with Crippen LogP contribution < -0.4 is 11.3 Å². The van der Waals surface area contributed by atoms with E-state index in [2.05, 4.69) is 10.5 Å². The normalized spacial score (nSPS) is 12.9. The summed E-state index contributed by atoms with van der Waals surface area (Å²) in [4.78, 5) is 0. The molecule has 2 aromatic heterocycles. The second-order valence-electron chi connectivity index (χ2n) is 3.51. The number of hydrogen-bond donors (Lipinski definition) is 2. The second-order valence-corrected chi connectivity index (χ2v) is 5.79. The highest BCUT2D eigenvalue weighted by Gasteiger charge is 2.19. The van der Waals surface area contributed by atoms with Crippen molar-refractivity contribution in [1.82, 2.24) is 15.2 Å². The molecule has 0 saturated carbocycles. The highest BCUT2D eigenvalue weighted by Crippen LogP contribution is 2.36. The summed E-state index contributed by atoms with van der Waals surface area (Å²) in [6, 6.07) is 1.63. The van der Waals surface area contributed by atoms with Gasteiger partial charge in [0.1, 0.15) is 0 Å². The van der Waals surface area contributed by atoms with Crippen molar-refractivity contribution in [1.29, 1.82) is 0 Å². The zero-order valence-corrected chi connectivity index (χ0v) is 11.5. The molecule has 1 unspecified atom stereocenters. The van der Waals surface area contributed by atoms with E-state index in [0.717, 1.165) is 17.7 Å². The van der Waals surface area contributed by atoms with E-state index in [1.54, 1.807) is 6.20 Å². The third kappa shape index (κ3) is 2.64. The van der Waals surface area contributed by atoms with E-state index < -0.39 is 0 Å². The lowest BCUT2D eigenvalue weighted by molar-refractivity contribution is 0.632. The average molecular weight is 291 g/mol. The molecule has 7 heteroatoms. The first-order chi connectivity index (χ1) is 8.15. The number of aromatic nitrogens is 2. The van der Waals surface area contributed by atoms with Gasteiger partial charge in [0.05, 0.1) is 20.9 Å². The molecule has 2 rings (SSSR count). The summed E-state index contributed by atoms with van der Waals surface area (Å²) in [5.41, 5.74) is 4.57. The van der Waals surface area contributed by atoms with Crippen LogP contribution in [0.5, 0.6) is 0 Å². The van der Waals surface area contributed by atoms with E-state index in [4.69, 9.17) is 29.0 Å². The lowest BCUT2D eigenvalue weighted by Gasteiger charge is -2.13. The average Bonchev–Trinajstić information content (AvgIpc) is 2.88. The quantitative estimate of drug-likeness (QED) is 0.672. The van der Waals surface area contributed by atoms with Crippen LogP contribution in [0.2, 0.25) is 8.67 Å². The van der Waals surface area contributed by atoms with Gasteiger partial charge < -0.3 is 0 Å². The molecule has 0 aliphatic rings. The first kappa shape index (κ1) is 12.9. The van der Waals surface area contributed by atoms with E-state index in [0.29, 0.717) is 8.67 Å².